The molecule has 19 heavy (non-hydrogen) atoms. The Morgan fingerprint density at radius 3 is 2.74 bits per heavy atom. The molecule has 2 rings (SSSR count). The van der Waals surface area contributed by atoms with E-state index in [1.807, 2.05) is 30.7 Å². The molecule has 0 fully saturated rings. The Hall–Kier alpha value is -1.75. The highest BCUT2D eigenvalue weighted by Crippen LogP contribution is 2.21. The highest BCUT2D eigenvalue weighted by molar-refractivity contribution is 9.10. The molecule has 0 saturated heterocycles. The van der Waals surface area contributed by atoms with Gasteiger partial charge < -0.3 is 15.0 Å². The second kappa shape index (κ2) is 5.48. The summed E-state index contributed by atoms with van der Waals surface area (Å²) in [6.45, 7) is 2.43. The third-order valence-corrected chi connectivity index (χ3v) is 3.60. The molecule has 0 aliphatic heterocycles. The van der Waals surface area contributed by atoms with Crippen molar-refractivity contribution in [2.75, 3.05) is 0 Å². The Balaban J connectivity index is 2.09. The molecule has 0 bridgehead atoms. The normalized spacial score (nSPS) is 10.5. The van der Waals surface area contributed by atoms with Crippen molar-refractivity contribution >= 4 is 21.8 Å². The maximum atomic E-state index is 12.0. The van der Waals surface area contributed by atoms with Gasteiger partial charge in [0.15, 0.2) is 0 Å². The average molecular weight is 323 g/mol. The number of carbonyl (C=O) groups is 1. The van der Waals surface area contributed by atoms with Gasteiger partial charge in [-0.1, -0.05) is 15.9 Å². The number of nitrogens with one attached hydrogen (secondary N) is 1. The molecule has 0 atom stereocenters. The van der Waals surface area contributed by atoms with E-state index in [4.69, 9.17) is 0 Å². The summed E-state index contributed by atoms with van der Waals surface area (Å²) in [5.41, 5.74) is 2.41. The predicted octanol–water partition coefficient (Wildman–Crippen LogP) is 2.73. The first kappa shape index (κ1) is 13.7. The number of nitrogens with zero attached hydrogens (tertiary/aromatic N) is 1. The number of phenols is 1. The van der Waals surface area contributed by atoms with Crippen LogP contribution in [0.15, 0.2) is 34.8 Å². The summed E-state index contributed by atoms with van der Waals surface area (Å²) < 4.78 is 2.77. The highest BCUT2D eigenvalue weighted by atomic mass is 79.9. The van der Waals surface area contributed by atoms with Crippen LogP contribution in [0.4, 0.5) is 0 Å². The van der Waals surface area contributed by atoms with Crippen molar-refractivity contribution in [2.24, 2.45) is 7.05 Å². The third kappa shape index (κ3) is 2.98. The molecule has 0 aliphatic rings. The first-order valence-electron chi connectivity index (χ1n) is 5.87. The summed E-state index contributed by atoms with van der Waals surface area (Å²) in [5, 5.41) is 12.5. The number of hydrogen-bond acceptors (Lipinski definition) is 2. The largest absolute Gasteiger partial charge is 0.507 e. The molecule has 0 saturated carbocycles. The Bertz CT molecular complexity index is 620. The van der Waals surface area contributed by atoms with Crippen molar-refractivity contribution in [1.29, 1.82) is 0 Å². The van der Waals surface area contributed by atoms with E-state index in [0.717, 1.165) is 15.9 Å². The number of hydrogen-bond donors (Lipinski definition) is 2. The number of amides is 1. The van der Waals surface area contributed by atoms with E-state index in [-0.39, 0.29) is 17.2 Å². The lowest BCUT2D eigenvalue weighted by Gasteiger charge is -2.09. The monoisotopic (exact) mass is 322 g/mol. The maximum absolute atomic E-state index is 12.0. The van der Waals surface area contributed by atoms with Crippen LogP contribution in [0.1, 0.15) is 21.7 Å². The molecule has 1 amide bonds. The van der Waals surface area contributed by atoms with Crippen LogP contribution in [0.2, 0.25) is 0 Å². The van der Waals surface area contributed by atoms with Crippen molar-refractivity contribution < 1.29 is 9.90 Å². The molecule has 0 aliphatic carbocycles. The lowest BCUT2D eigenvalue weighted by Crippen LogP contribution is -2.24. The lowest BCUT2D eigenvalue weighted by molar-refractivity contribution is 0.0947. The van der Waals surface area contributed by atoms with Gasteiger partial charge in [-0.3, -0.25) is 4.79 Å². The predicted molar refractivity (Wildman–Crippen MR) is 77.1 cm³/mol. The molecule has 4 nitrogen and oxygen atoms in total. The molecule has 1 aromatic carbocycles. The molecule has 1 heterocycles. The van der Waals surface area contributed by atoms with Gasteiger partial charge in [0, 0.05) is 22.9 Å². The van der Waals surface area contributed by atoms with Crippen molar-refractivity contribution in [3.8, 4) is 5.75 Å². The lowest BCUT2D eigenvalue weighted by atomic mass is 10.2. The van der Waals surface area contributed by atoms with E-state index in [1.54, 1.807) is 12.1 Å². The molecule has 1 aromatic heterocycles. The van der Waals surface area contributed by atoms with Crippen LogP contribution in [0, 0.1) is 6.92 Å². The maximum Gasteiger partial charge on any atom is 0.255 e. The van der Waals surface area contributed by atoms with Crippen molar-refractivity contribution in [3.05, 3.63) is 51.8 Å². The molecule has 2 aromatic rings. The Morgan fingerprint density at radius 2 is 2.11 bits per heavy atom. The van der Waals surface area contributed by atoms with Gasteiger partial charge in [0.25, 0.3) is 5.91 Å². The fourth-order valence-electron chi connectivity index (χ4n) is 1.80. The van der Waals surface area contributed by atoms with Crippen molar-refractivity contribution in [1.82, 2.24) is 9.88 Å². The van der Waals surface area contributed by atoms with Crippen molar-refractivity contribution in [3.63, 3.8) is 0 Å². The smallest absolute Gasteiger partial charge is 0.255 e. The summed E-state index contributed by atoms with van der Waals surface area (Å²) in [5.74, 6) is -0.318. The number of rotatable bonds is 3. The standard InChI is InChI=1S/C14H15BrN2O2/c1-9-3-5-11(17(9)2)8-16-14(19)12-7-10(15)4-6-13(12)18/h3-7,18H,8H2,1-2H3,(H,16,19). The summed E-state index contributed by atoms with van der Waals surface area (Å²) >= 11 is 3.28. The van der Waals surface area contributed by atoms with Crippen LogP contribution in [0.3, 0.4) is 0 Å². The summed E-state index contributed by atoms with van der Waals surface area (Å²) in [4.78, 5) is 12.0. The Labute approximate surface area is 120 Å². The average Bonchev–Trinajstić information content (AvgIpc) is 2.70. The molecule has 5 heteroatoms. The zero-order chi connectivity index (χ0) is 14.0. The zero-order valence-electron chi connectivity index (χ0n) is 10.8. The second-order valence-corrected chi connectivity index (χ2v) is 5.28. The minimum absolute atomic E-state index is 0.0243. The van der Waals surface area contributed by atoms with Gasteiger partial charge in [0.2, 0.25) is 0 Å². The highest BCUT2D eigenvalue weighted by Gasteiger charge is 2.12. The van der Waals surface area contributed by atoms with Crippen LogP contribution in [0.5, 0.6) is 5.75 Å². The number of carbonyl (C=O) groups excluding carboxylic acids is 1. The van der Waals surface area contributed by atoms with Crippen LogP contribution in [0.25, 0.3) is 0 Å². The van der Waals surface area contributed by atoms with E-state index in [9.17, 15) is 9.90 Å². The van der Waals surface area contributed by atoms with E-state index < -0.39 is 0 Å². The number of aromatic nitrogens is 1. The number of halogens is 1. The van der Waals surface area contributed by atoms with Crippen molar-refractivity contribution in [2.45, 2.75) is 13.5 Å². The number of benzene rings is 1. The third-order valence-electron chi connectivity index (χ3n) is 3.11. The number of aromatic hydroxyl groups is 1. The van der Waals surface area contributed by atoms with Crippen LogP contribution < -0.4 is 5.32 Å². The van der Waals surface area contributed by atoms with Gasteiger partial charge in [-0.15, -0.1) is 0 Å². The molecular formula is C14H15BrN2O2. The van der Waals surface area contributed by atoms with Crippen LogP contribution in [-0.4, -0.2) is 15.6 Å². The van der Waals surface area contributed by atoms with E-state index in [1.165, 1.54) is 6.07 Å². The van der Waals surface area contributed by atoms with Gasteiger partial charge in [-0.05, 0) is 37.3 Å². The van der Waals surface area contributed by atoms with Gasteiger partial charge in [0.1, 0.15) is 5.75 Å². The number of phenolic OH excluding ortho intramolecular Hbond substituents is 1. The fourth-order valence-corrected chi connectivity index (χ4v) is 2.16. The number of aryl methyl sites for hydroxylation is 1. The summed E-state index contributed by atoms with van der Waals surface area (Å²) in [6, 6.07) is 8.74. The first-order chi connectivity index (χ1) is 8.99. The van der Waals surface area contributed by atoms with E-state index in [2.05, 4.69) is 21.2 Å². The van der Waals surface area contributed by atoms with E-state index in [0.29, 0.717) is 6.54 Å². The van der Waals surface area contributed by atoms with Gasteiger partial charge in [0.05, 0.1) is 12.1 Å². The second-order valence-electron chi connectivity index (χ2n) is 4.37. The fraction of sp³-hybridized carbons (Fsp3) is 0.214. The minimum Gasteiger partial charge on any atom is -0.507 e. The molecule has 0 unspecified atom stereocenters. The molecule has 0 spiro atoms. The Kier molecular flexibility index (Phi) is 3.95. The van der Waals surface area contributed by atoms with Gasteiger partial charge >= 0.3 is 0 Å². The quantitative estimate of drug-likeness (QED) is 0.912. The van der Waals surface area contributed by atoms with Crippen LogP contribution >= 0.6 is 15.9 Å². The molecular weight excluding hydrogens is 308 g/mol. The molecule has 2 N–H and O–H groups in total. The first-order valence-corrected chi connectivity index (χ1v) is 6.66. The Morgan fingerprint density at radius 1 is 1.37 bits per heavy atom. The van der Waals surface area contributed by atoms with E-state index >= 15 is 0 Å². The summed E-state index contributed by atoms with van der Waals surface area (Å²) in [7, 11) is 1.95. The minimum atomic E-state index is -0.294. The summed E-state index contributed by atoms with van der Waals surface area (Å²) in [6.07, 6.45) is 0. The van der Waals surface area contributed by atoms with Gasteiger partial charge in [-0.25, -0.2) is 0 Å². The SMILES string of the molecule is Cc1ccc(CNC(=O)c2cc(Br)ccc2O)n1C. The van der Waals surface area contributed by atoms with Crippen LogP contribution in [-0.2, 0) is 13.6 Å². The topological polar surface area (TPSA) is 54.3 Å². The molecule has 0 radical (unpaired) electrons. The van der Waals surface area contributed by atoms with Gasteiger partial charge in [-0.2, -0.15) is 0 Å². The molecule has 100 valence electrons. The zero-order valence-corrected chi connectivity index (χ0v) is 12.4.